The van der Waals surface area contributed by atoms with Crippen LogP contribution in [0.5, 0.6) is 0 Å². The Bertz CT molecular complexity index is 300. The summed E-state index contributed by atoms with van der Waals surface area (Å²) in [7, 11) is -0.849. The summed E-state index contributed by atoms with van der Waals surface area (Å²) in [6, 6.07) is 1.98. The molecule has 0 saturated carbocycles. The topological polar surface area (TPSA) is 43.1 Å². The van der Waals surface area contributed by atoms with Crippen molar-refractivity contribution in [1.29, 1.82) is 0 Å². The van der Waals surface area contributed by atoms with Crippen LogP contribution in [-0.4, -0.2) is 16.0 Å². The Kier molecular flexibility index (Phi) is 4.58. The summed E-state index contributed by atoms with van der Waals surface area (Å²) in [5, 5.41) is 2.07. The molecule has 1 heterocycles. The van der Waals surface area contributed by atoms with E-state index in [9.17, 15) is 4.21 Å². The fourth-order valence-corrected chi connectivity index (χ4v) is 3.80. The van der Waals surface area contributed by atoms with Crippen LogP contribution in [0.3, 0.4) is 0 Å². The van der Waals surface area contributed by atoms with E-state index in [-0.39, 0.29) is 5.25 Å². The van der Waals surface area contributed by atoms with E-state index in [1.54, 1.807) is 11.3 Å². The lowest BCUT2D eigenvalue weighted by atomic mass is 10.5. The molecule has 0 aliphatic rings. The molecule has 0 spiro atoms. The first kappa shape index (κ1) is 11.4. The van der Waals surface area contributed by atoms with Crippen molar-refractivity contribution in [2.24, 2.45) is 5.73 Å². The Balaban J connectivity index is 2.60. The van der Waals surface area contributed by atoms with Gasteiger partial charge in [-0.1, -0.05) is 0 Å². The maximum absolute atomic E-state index is 11.6. The Morgan fingerprint density at radius 2 is 2.46 bits per heavy atom. The third-order valence-corrected chi connectivity index (χ3v) is 5.52. The summed E-state index contributed by atoms with van der Waals surface area (Å²) < 4.78 is 12.7. The lowest BCUT2D eigenvalue weighted by Crippen LogP contribution is -2.22. The van der Waals surface area contributed by atoms with E-state index in [0.29, 0.717) is 12.3 Å². The Morgan fingerprint density at radius 1 is 1.77 bits per heavy atom. The molecule has 13 heavy (non-hydrogen) atoms. The average molecular weight is 282 g/mol. The predicted molar refractivity (Wildman–Crippen MR) is 62.4 cm³/mol. The summed E-state index contributed by atoms with van der Waals surface area (Å²) in [6.45, 7) is 2.40. The minimum Gasteiger partial charge on any atom is -0.329 e. The van der Waals surface area contributed by atoms with Crippen molar-refractivity contribution in [3.05, 3.63) is 20.8 Å². The molecule has 0 fully saturated rings. The van der Waals surface area contributed by atoms with Crippen LogP contribution in [0.15, 0.2) is 15.9 Å². The zero-order valence-electron chi connectivity index (χ0n) is 7.33. The maximum Gasteiger partial charge on any atom is 0.0594 e. The molecule has 0 aliphatic heterocycles. The molecule has 0 aliphatic carbocycles. The molecule has 0 aromatic carbocycles. The van der Waals surface area contributed by atoms with Crippen LogP contribution in [0.1, 0.15) is 11.8 Å². The van der Waals surface area contributed by atoms with Crippen molar-refractivity contribution < 1.29 is 4.21 Å². The van der Waals surface area contributed by atoms with Gasteiger partial charge in [-0.3, -0.25) is 4.21 Å². The molecule has 1 aromatic heterocycles. The van der Waals surface area contributed by atoms with Crippen LogP contribution >= 0.6 is 27.3 Å². The number of halogens is 1. The first-order valence-corrected chi connectivity index (χ1v) is 6.99. The largest absolute Gasteiger partial charge is 0.329 e. The van der Waals surface area contributed by atoms with Gasteiger partial charge in [-0.2, -0.15) is 0 Å². The van der Waals surface area contributed by atoms with E-state index >= 15 is 0 Å². The molecule has 2 N–H and O–H groups in total. The SMILES string of the molecule is CC(CN)S(=O)Cc1sccc1Br. The van der Waals surface area contributed by atoms with Crippen LogP contribution in [0.2, 0.25) is 0 Å². The molecular formula is C8H12BrNOS2. The quantitative estimate of drug-likeness (QED) is 0.919. The summed E-state index contributed by atoms with van der Waals surface area (Å²) >= 11 is 5.04. The Morgan fingerprint density at radius 3 is 2.92 bits per heavy atom. The van der Waals surface area contributed by atoms with Gasteiger partial charge < -0.3 is 5.73 Å². The van der Waals surface area contributed by atoms with Crippen LogP contribution in [-0.2, 0) is 16.6 Å². The number of hydrogen-bond donors (Lipinski definition) is 1. The lowest BCUT2D eigenvalue weighted by Gasteiger charge is -2.07. The molecule has 2 atom stereocenters. The summed E-state index contributed by atoms with van der Waals surface area (Å²) in [5.74, 6) is 0.608. The van der Waals surface area contributed by atoms with E-state index in [0.717, 1.165) is 9.35 Å². The van der Waals surface area contributed by atoms with Crippen molar-refractivity contribution in [1.82, 2.24) is 0 Å². The van der Waals surface area contributed by atoms with Crippen molar-refractivity contribution in [3.63, 3.8) is 0 Å². The molecular weight excluding hydrogens is 270 g/mol. The summed E-state index contributed by atoms with van der Waals surface area (Å²) in [5.41, 5.74) is 5.44. The van der Waals surface area contributed by atoms with Crippen LogP contribution in [0, 0.1) is 0 Å². The smallest absolute Gasteiger partial charge is 0.0594 e. The number of thiophene rings is 1. The normalized spacial score (nSPS) is 15.6. The molecule has 0 amide bonds. The Labute approximate surface area is 93.1 Å². The highest BCUT2D eigenvalue weighted by molar-refractivity contribution is 9.10. The van der Waals surface area contributed by atoms with Crippen LogP contribution in [0.25, 0.3) is 0 Å². The highest BCUT2D eigenvalue weighted by atomic mass is 79.9. The van der Waals surface area contributed by atoms with Gasteiger partial charge >= 0.3 is 0 Å². The maximum atomic E-state index is 11.6. The van der Waals surface area contributed by atoms with E-state index in [2.05, 4.69) is 15.9 Å². The van der Waals surface area contributed by atoms with Gasteiger partial charge in [0.2, 0.25) is 0 Å². The van der Waals surface area contributed by atoms with Crippen LogP contribution in [0.4, 0.5) is 0 Å². The van der Waals surface area contributed by atoms with Crippen molar-refractivity contribution >= 4 is 38.1 Å². The second-order valence-corrected chi connectivity index (χ2v) is 6.47. The summed E-state index contributed by atoms with van der Waals surface area (Å²) in [6.07, 6.45) is 0. The molecule has 0 saturated heterocycles. The standard InChI is InChI=1S/C8H12BrNOS2/c1-6(4-10)13(11)5-8-7(9)2-3-12-8/h2-3,6H,4-5,10H2,1H3. The van der Waals surface area contributed by atoms with Crippen LogP contribution < -0.4 is 5.73 Å². The highest BCUT2D eigenvalue weighted by Gasteiger charge is 2.12. The monoisotopic (exact) mass is 281 g/mol. The van der Waals surface area contributed by atoms with Gasteiger partial charge in [0.25, 0.3) is 0 Å². The highest BCUT2D eigenvalue weighted by Crippen LogP contribution is 2.24. The fourth-order valence-electron chi connectivity index (χ4n) is 0.807. The van der Waals surface area contributed by atoms with Crippen molar-refractivity contribution in [2.45, 2.75) is 17.9 Å². The first-order valence-electron chi connectivity index (χ1n) is 3.94. The molecule has 0 bridgehead atoms. The van der Waals surface area contributed by atoms with Gasteiger partial charge in [-0.15, -0.1) is 11.3 Å². The second kappa shape index (κ2) is 5.24. The third-order valence-electron chi connectivity index (χ3n) is 1.75. The average Bonchev–Trinajstić information content (AvgIpc) is 2.50. The van der Waals surface area contributed by atoms with E-state index < -0.39 is 10.8 Å². The van der Waals surface area contributed by atoms with Crippen molar-refractivity contribution in [3.8, 4) is 0 Å². The Hall–Kier alpha value is 0.290. The van der Waals surface area contributed by atoms with E-state index in [1.807, 2.05) is 18.4 Å². The fraction of sp³-hybridized carbons (Fsp3) is 0.500. The number of rotatable bonds is 4. The molecule has 74 valence electrons. The molecule has 2 unspecified atom stereocenters. The summed E-state index contributed by atoms with van der Waals surface area (Å²) in [4.78, 5) is 1.14. The van der Waals surface area contributed by atoms with Crippen molar-refractivity contribution in [2.75, 3.05) is 6.54 Å². The molecule has 1 rings (SSSR count). The molecule has 5 heteroatoms. The predicted octanol–water partition coefficient (Wildman–Crippen LogP) is 2.11. The molecule has 0 radical (unpaired) electrons. The third kappa shape index (κ3) is 3.16. The molecule has 2 nitrogen and oxygen atoms in total. The minimum absolute atomic E-state index is 0.0778. The zero-order valence-corrected chi connectivity index (χ0v) is 10.5. The number of nitrogens with two attached hydrogens (primary N) is 1. The van der Waals surface area contributed by atoms with Gasteiger partial charge in [-0.25, -0.2) is 0 Å². The molecule has 1 aromatic rings. The van der Waals surface area contributed by atoms with Gasteiger partial charge in [-0.05, 0) is 34.3 Å². The van der Waals surface area contributed by atoms with Gasteiger partial charge in [0, 0.05) is 31.9 Å². The van der Waals surface area contributed by atoms with E-state index in [4.69, 9.17) is 5.73 Å². The minimum atomic E-state index is -0.849. The first-order chi connectivity index (χ1) is 6.15. The van der Waals surface area contributed by atoms with E-state index in [1.165, 1.54) is 0 Å². The van der Waals surface area contributed by atoms with Gasteiger partial charge in [0.1, 0.15) is 0 Å². The lowest BCUT2D eigenvalue weighted by molar-refractivity contribution is 0.673. The zero-order chi connectivity index (χ0) is 9.84. The number of hydrogen-bond acceptors (Lipinski definition) is 3. The second-order valence-electron chi connectivity index (χ2n) is 2.76. The van der Waals surface area contributed by atoms with Gasteiger partial charge in [0.15, 0.2) is 0 Å². The van der Waals surface area contributed by atoms with Gasteiger partial charge in [0.05, 0.1) is 5.75 Å².